The highest BCUT2D eigenvalue weighted by Crippen LogP contribution is 2.18. The Morgan fingerprint density at radius 2 is 2.26 bits per heavy atom. The third-order valence-electron chi connectivity index (χ3n) is 2.91. The van der Waals surface area contributed by atoms with Crippen LogP contribution in [0.2, 0.25) is 0 Å². The van der Waals surface area contributed by atoms with E-state index >= 15 is 0 Å². The zero-order valence-electron chi connectivity index (χ0n) is 10.3. The predicted octanol–water partition coefficient (Wildman–Crippen LogP) is 2.67. The summed E-state index contributed by atoms with van der Waals surface area (Å²) in [6.07, 6.45) is 1.88. The molecule has 0 aromatic heterocycles. The topological polar surface area (TPSA) is 62.1 Å². The molecule has 102 valence electrons. The minimum absolute atomic E-state index is 0.362. The van der Waals surface area contributed by atoms with Gasteiger partial charge in [0.05, 0.1) is 6.21 Å². The van der Waals surface area contributed by atoms with Crippen LogP contribution >= 0.6 is 0 Å². The molecule has 0 bridgehead atoms. The van der Waals surface area contributed by atoms with Gasteiger partial charge >= 0.3 is 6.16 Å². The fourth-order valence-corrected chi connectivity index (χ4v) is 1.97. The Labute approximate surface area is 110 Å². The second kappa shape index (κ2) is 6.17. The highest BCUT2D eigenvalue weighted by atomic mass is 19.1. The van der Waals surface area contributed by atoms with Crippen LogP contribution in [0, 0.1) is 5.82 Å². The van der Waals surface area contributed by atoms with E-state index in [1.165, 1.54) is 12.3 Å². The fourth-order valence-electron chi connectivity index (χ4n) is 1.97. The van der Waals surface area contributed by atoms with Crippen molar-refractivity contribution in [1.29, 1.82) is 0 Å². The first-order valence-corrected chi connectivity index (χ1v) is 6.11. The molecule has 1 N–H and O–H groups in total. The number of rotatable bonds is 3. The first-order chi connectivity index (χ1) is 9.16. The van der Waals surface area contributed by atoms with Crippen LogP contribution in [0.4, 0.5) is 9.18 Å². The van der Waals surface area contributed by atoms with Crippen LogP contribution < -0.4 is 0 Å². The van der Waals surface area contributed by atoms with Crippen LogP contribution in [-0.2, 0) is 4.74 Å². The van der Waals surface area contributed by atoms with E-state index in [1.54, 1.807) is 23.2 Å². The molecular formula is C13H15FN2O3. The van der Waals surface area contributed by atoms with Gasteiger partial charge < -0.3 is 9.84 Å². The molecule has 0 aliphatic carbocycles. The molecule has 6 heteroatoms. The molecule has 5 nitrogen and oxygen atoms in total. The molecule has 0 radical (unpaired) electrons. The van der Waals surface area contributed by atoms with E-state index < -0.39 is 12.4 Å². The van der Waals surface area contributed by atoms with E-state index in [1.807, 2.05) is 0 Å². The molecule has 1 unspecified atom stereocenters. The van der Waals surface area contributed by atoms with Gasteiger partial charge in [0.15, 0.2) is 6.23 Å². The Balaban J connectivity index is 2.07. The van der Waals surface area contributed by atoms with Gasteiger partial charge in [0, 0.05) is 18.5 Å². The lowest BCUT2D eigenvalue weighted by atomic mass is 10.1. The summed E-state index contributed by atoms with van der Waals surface area (Å²) in [5.74, 6) is -0.362. The Bertz CT molecular complexity index is 479. The number of hydrogen-bond donors (Lipinski definition) is 1. The van der Waals surface area contributed by atoms with Gasteiger partial charge in [-0.3, -0.25) is 5.01 Å². The average Bonchev–Trinajstić information content (AvgIpc) is 2.39. The van der Waals surface area contributed by atoms with Gasteiger partial charge in [-0.15, -0.1) is 0 Å². The number of carboxylic acid groups (broad SMARTS) is 1. The highest BCUT2D eigenvalue weighted by Gasteiger charge is 2.24. The van der Waals surface area contributed by atoms with E-state index in [-0.39, 0.29) is 5.82 Å². The normalized spacial score (nSPS) is 19.6. The van der Waals surface area contributed by atoms with Crippen LogP contribution in [0.15, 0.2) is 29.4 Å². The van der Waals surface area contributed by atoms with Crippen molar-refractivity contribution in [3.8, 4) is 0 Å². The number of carbonyl (C=O) groups is 1. The predicted molar refractivity (Wildman–Crippen MR) is 67.4 cm³/mol. The van der Waals surface area contributed by atoms with Gasteiger partial charge in [-0.2, -0.15) is 5.10 Å². The van der Waals surface area contributed by atoms with Gasteiger partial charge in [-0.25, -0.2) is 9.18 Å². The maximum atomic E-state index is 13.4. The van der Waals surface area contributed by atoms with E-state index in [4.69, 9.17) is 9.84 Å². The van der Waals surface area contributed by atoms with Crippen LogP contribution in [0.5, 0.6) is 0 Å². The zero-order chi connectivity index (χ0) is 13.7. The van der Waals surface area contributed by atoms with E-state index in [2.05, 4.69) is 5.10 Å². The summed E-state index contributed by atoms with van der Waals surface area (Å²) in [6, 6.07) is 6.27. The molecule has 1 aromatic rings. The minimum Gasteiger partial charge on any atom is -0.450 e. The number of benzene rings is 1. The molecule has 0 saturated carbocycles. The van der Waals surface area contributed by atoms with Crippen LogP contribution in [0.25, 0.3) is 0 Å². The maximum absolute atomic E-state index is 13.4. The smallest absolute Gasteiger partial charge is 0.450 e. The summed E-state index contributed by atoms with van der Waals surface area (Å²) < 4.78 is 18.2. The summed E-state index contributed by atoms with van der Waals surface area (Å²) in [4.78, 5) is 10.6. The van der Waals surface area contributed by atoms with Crippen molar-refractivity contribution < 1.29 is 19.0 Å². The number of hydrazone groups is 1. The van der Waals surface area contributed by atoms with Crippen molar-refractivity contribution in [3.63, 3.8) is 0 Å². The lowest BCUT2D eigenvalue weighted by Gasteiger charge is -2.31. The Kier molecular flexibility index (Phi) is 4.33. The van der Waals surface area contributed by atoms with Crippen molar-refractivity contribution in [2.24, 2.45) is 5.10 Å². The van der Waals surface area contributed by atoms with Gasteiger partial charge in [0.2, 0.25) is 0 Å². The molecule has 1 aliphatic heterocycles. The van der Waals surface area contributed by atoms with Crippen LogP contribution in [0.1, 0.15) is 24.8 Å². The summed E-state index contributed by atoms with van der Waals surface area (Å²) in [7, 11) is 0. The molecule has 1 fully saturated rings. The summed E-state index contributed by atoms with van der Waals surface area (Å²) in [5.41, 5.74) is 0.363. The Hall–Kier alpha value is -2.11. The maximum Gasteiger partial charge on any atom is 0.507 e. The Morgan fingerprint density at radius 1 is 1.47 bits per heavy atom. The third kappa shape index (κ3) is 3.67. The average molecular weight is 266 g/mol. The first kappa shape index (κ1) is 13.3. The van der Waals surface area contributed by atoms with E-state index in [0.717, 1.165) is 12.8 Å². The molecule has 1 aromatic carbocycles. The quantitative estimate of drug-likeness (QED) is 0.675. The molecule has 0 amide bonds. The van der Waals surface area contributed by atoms with Crippen LogP contribution in [0.3, 0.4) is 0 Å². The molecule has 2 rings (SSSR count). The molecule has 1 heterocycles. The summed E-state index contributed by atoms with van der Waals surface area (Å²) in [5, 5.41) is 14.3. The summed E-state index contributed by atoms with van der Waals surface area (Å²) in [6.45, 7) is 0.600. The van der Waals surface area contributed by atoms with Crippen molar-refractivity contribution in [2.45, 2.75) is 25.5 Å². The van der Waals surface area contributed by atoms with E-state index in [0.29, 0.717) is 18.5 Å². The van der Waals surface area contributed by atoms with Crippen LogP contribution in [-0.4, -0.2) is 35.3 Å². The SMILES string of the molecule is O=C(O)OC1CCCCN1/N=C/c1ccccc1F. The minimum atomic E-state index is -1.32. The van der Waals surface area contributed by atoms with E-state index in [9.17, 15) is 9.18 Å². The van der Waals surface area contributed by atoms with Crippen molar-refractivity contribution >= 4 is 12.4 Å². The first-order valence-electron chi connectivity index (χ1n) is 6.11. The third-order valence-corrected chi connectivity index (χ3v) is 2.91. The molecule has 1 saturated heterocycles. The summed E-state index contributed by atoms with van der Waals surface area (Å²) >= 11 is 0. The van der Waals surface area contributed by atoms with Gasteiger partial charge in [0.1, 0.15) is 5.82 Å². The lowest BCUT2D eigenvalue weighted by molar-refractivity contribution is -0.0538. The van der Waals surface area contributed by atoms with Crippen molar-refractivity contribution in [2.75, 3.05) is 6.54 Å². The number of hydrogen-bond acceptors (Lipinski definition) is 4. The largest absolute Gasteiger partial charge is 0.507 e. The number of halogens is 1. The van der Waals surface area contributed by atoms with Crippen molar-refractivity contribution in [3.05, 3.63) is 35.6 Å². The van der Waals surface area contributed by atoms with Crippen molar-refractivity contribution in [1.82, 2.24) is 5.01 Å². The molecule has 1 atom stereocenters. The van der Waals surface area contributed by atoms with Gasteiger partial charge in [-0.05, 0) is 18.9 Å². The monoisotopic (exact) mass is 266 g/mol. The molecular weight excluding hydrogens is 251 g/mol. The highest BCUT2D eigenvalue weighted by molar-refractivity contribution is 5.79. The number of nitrogens with zero attached hydrogens (tertiary/aromatic N) is 2. The number of ether oxygens (including phenoxy) is 1. The second-order valence-electron chi connectivity index (χ2n) is 4.26. The molecule has 19 heavy (non-hydrogen) atoms. The molecule has 0 spiro atoms. The fraction of sp³-hybridized carbons (Fsp3) is 0.385. The Morgan fingerprint density at radius 3 is 3.00 bits per heavy atom. The standard InChI is InChI=1S/C13H15FN2O3/c14-11-6-2-1-5-10(11)9-15-16-8-4-3-7-12(16)19-13(17)18/h1-2,5-6,9,12H,3-4,7-8H2,(H,17,18)/b15-9+. The zero-order valence-corrected chi connectivity index (χ0v) is 10.3. The molecule has 1 aliphatic rings. The second-order valence-corrected chi connectivity index (χ2v) is 4.26. The van der Waals surface area contributed by atoms with Gasteiger partial charge in [0.25, 0.3) is 0 Å². The van der Waals surface area contributed by atoms with Gasteiger partial charge in [-0.1, -0.05) is 18.2 Å². The lowest BCUT2D eigenvalue weighted by Crippen LogP contribution is -2.38. The number of piperidine rings is 1.